The van der Waals surface area contributed by atoms with E-state index in [-0.39, 0.29) is 11.6 Å². The van der Waals surface area contributed by atoms with Crippen molar-refractivity contribution < 1.29 is 9.18 Å². The van der Waals surface area contributed by atoms with Crippen molar-refractivity contribution >= 4 is 5.78 Å². The number of likely N-dealkylation sites (tertiary alicyclic amines) is 1. The molecule has 0 aliphatic carbocycles. The number of ketones is 1. The summed E-state index contributed by atoms with van der Waals surface area (Å²) >= 11 is 0. The average molecular weight is 235 g/mol. The normalized spacial score (nSPS) is 20.7. The van der Waals surface area contributed by atoms with Crippen molar-refractivity contribution in [3.63, 3.8) is 0 Å². The Balaban J connectivity index is 1.99. The molecule has 1 aliphatic rings. The van der Waals surface area contributed by atoms with Crippen LogP contribution in [0.5, 0.6) is 0 Å². The van der Waals surface area contributed by atoms with Gasteiger partial charge in [0.15, 0.2) is 5.78 Å². The molecule has 1 atom stereocenters. The molecule has 0 aromatic heterocycles. The predicted molar refractivity (Wildman–Crippen MR) is 65.6 cm³/mol. The maximum Gasteiger partial charge on any atom is 0.176 e. The summed E-state index contributed by atoms with van der Waals surface area (Å²) in [5.41, 5.74) is 0.605. The van der Waals surface area contributed by atoms with Crippen LogP contribution in [0.2, 0.25) is 0 Å². The Kier molecular flexibility index (Phi) is 3.89. The molecule has 2 nitrogen and oxygen atoms in total. The molecule has 17 heavy (non-hydrogen) atoms. The third kappa shape index (κ3) is 2.91. The van der Waals surface area contributed by atoms with E-state index in [4.69, 9.17) is 0 Å². The molecule has 0 amide bonds. The second kappa shape index (κ2) is 5.41. The lowest BCUT2D eigenvalue weighted by Gasteiger charge is -2.22. The first-order chi connectivity index (χ1) is 8.20. The van der Waals surface area contributed by atoms with E-state index in [1.807, 2.05) is 0 Å². The molecule has 1 aromatic carbocycles. The van der Waals surface area contributed by atoms with Gasteiger partial charge in [-0.05, 0) is 50.1 Å². The molecule has 1 saturated heterocycles. The number of benzene rings is 1. The van der Waals surface area contributed by atoms with Crippen LogP contribution in [0, 0.1) is 5.82 Å². The highest BCUT2D eigenvalue weighted by Gasteiger charge is 2.24. The molecule has 0 N–H and O–H groups in total. The van der Waals surface area contributed by atoms with Crippen LogP contribution in [0.15, 0.2) is 24.3 Å². The molecule has 92 valence electrons. The van der Waals surface area contributed by atoms with Gasteiger partial charge < -0.3 is 0 Å². The molecule has 1 aliphatic heterocycles. The lowest BCUT2D eigenvalue weighted by atomic mass is 10.1. The number of rotatable bonds is 4. The van der Waals surface area contributed by atoms with Gasteiger partial charge in [-0.1, -0.05) is 6.92 Å². The number of carbonyl (C=O) groups excluding carboxylic acids is 1. The third-order valence-electron chi connectivity index (χ3n) is 3.48. The average Bonchev–Trinajstić information content (AvgIpc) is 2.77. The zero-order chi connectivity index (χ0) is 12.3. The van der Waals surface area contributed by atoms with Crippen LogP contribution in [-0.4, -0.2) is 29.8 Å². The predicted octanol–water partition coefficient (Wildman–Crippen LogP) is 2.88. The first-order valence-electron chi connectivity index (χ1n) is 6.23. The quantitative estimate of drug-likeness (QED) is 0.748. The largest absolute Gasteiger partial charge is 0.293 e. The van der Waals surface area contributed by atoms with E-state index < -0.39 is 0 Å². The Morgan fingerprint density at radius 1 is 1.41 bits per heavy atom. The second-order valence-electron chi connectivity index (χ2n) is 4.60. The fourth-order valence-electron chi connectivity index (χ4n) is 2.48. The third-order valence-corrected chi connectivity index (χ3v) is 3.48. The number of nitrogens with zero attached hydrogens (tertiary/aromatic N) is 1. The first kappa shape index (κ1) is 12.2. The molecule has 0 radical (unpaired) electrons. The van der Waals surface area contributed by atoms with Crippen LogP contribution in [0.3, 0.4) is 0 Å². The molecular formula is C14H18FNO. The van der Waals surface area contributed by atoms with Gasteiger partial charge in [0.1, 0.15) is 5.82 Å². The van der Waals surface area contributed by atoms with E-state index in [1.54, 1.807) is 12.1 Å². The Hall–Kier alpha value is -1.22. The van der Waals surface area contributed by atoms with Gasteiger partial charge in [0, 0.05) is 11.6 Å². The van der Waals surface area contributed by atoms with Gasteiger partial charge in [0.25, 0.3) is 0 Å². The summed E-state index contributed by atoms with van der Waals surface area (Å²) in [6.07, 6.45) is 3.46. The molecule has 2 rings (SSSR count). The molecule has 1 unspecified atom stereocenters. The van der Waals surface area contributed by atoms with Crippen LogP contribution < -0.4 is 0 Å². The van der Waals surface area contributed by atoms with Crippen LogP contribution in [0.4, 0.5) is 4.39 Å². The number of hydrogen-bond donors (Lipinski definition) is 0. The highest BCUT2D eigenvalue weighted by Crippen LogP contribution is 2.20. The Morgan fingerprint density at radius 3 is 2.76 bits per heavy atom. The van der Waals surface area contributed by atoms with Crippen LogP contribution in [-0.2, 0) is 0 Å². The number of hydrogen-bond acceptors (Lipinski definition) is 2. The minimum Gasteiger partial charge on any atom is -0.293 e. The van der Waals surface area contributed by atoms with Crippen LogP contribution in [0.25, 0.3) is 0 Å². The molecule has 3 heteroatoms. The van der Waals surface area contributed by atoms with E-state index in [0.717, 1.165) is 13.0 Å². The van der Waals surface area contributed by atoms with Gasteiger partial charge >= 0.3 is 0 Å². The maximum absolute atomic E-state index is 12.7. The summed E-state index contributed by atoms with van der Waals surface area (Å²) in [5, 5.41) is 0. The van der Waals surface area contributed by atoms with Gasteiger partial charge in [0.2, 0.25) is 0 Å². The summed E-state index contributed by atoms with van der Waals surface area (Å²) < 4.78 is 12.7. The number of Topliss-reactive ketones (excluding diaryl/α,β-unsaturated/α-hetero) is 1. The highest BCUT2D eigenvalue weighted by atomic mass is 19.1. The van der Waals surface area contributed by atoms with Gasteiger partial charge in [-0.2, -0.15) is 0 Å². The monoisotopic (exact) mass is 235 g/mol. The summed E-state index contributed by atoms with van der Waals surface area (Å²) in [6.45, 7) is 3.63. The van der Waals surface area contributed by atoms with E-state index >= 15 is 0 Å². The van der Waals surface area contributed by atoms with Crippen LogP contribution in [0.1, 0.15) is 36.5 Å². The minimum absolute atomic E-state index is 0.0883. The molecule has 1 aromatic rings. The molecule has 1 fully saturated rings. The van der Waals surface area contributed by atoms with E-state index in [2.05, 4.69) is 11.8 Å². The zero-order valence-corrected chi connectivity index (χ0v) is 10.2. The maximum atomic E-state index is 12.7. The summed E-state index contributed by atoms with van der Waals surface area (Å²) in [5.74, 6) is -0.209. The van der Waals surface area contributed by atoms with Gasteiger partial charge in [0.05, 0.1) is 6.54 Å². The lowest BCUT2D eigenvalue weighted by Crippen LogP contribution is -2.33. The van der Waals surface area contributed by atoms with Gasteiger partial charge in [-0.3, -0.25) is 9.69 Å². The topological polar surface area (TPSA) is 20.3 Å². The van der Waals surface area contributed by atoms with Crippen molar-refractivity contribution in [2.45, 2.75) is 32.2 Å². The SMILES string of the molecule is CCC1CCCN1CC(=O)c1ccc(F)cc1. The minimum atomic E-state index is -0.297. The van der Waals surface area contributed by atoms with Crippen molar-refractivity contribution in [2.75, 3.05) is 13.1 Å². The van der Waals surface area contributed by atoms with Crippen molar-refractivity contribution in [3.05, 3.63) is 35.6 Å². The van der Waals surface area contributed by atoms with Gasteiger partial charge in [-0.15, -0.1) is 0 Å². The van der Waals surface area contributed by atoms with E-state index in [9.17, 15) is 9.18 Å². The molecule has 0 bridgehead atoms. The Morgan fingerprint density at radius 2 is 2.12 bits per heavy atom. The number of carbonyl (C=O) groups is 1. The summed E-state index contributed by atoms with van der Waals surface area (Å²) in [4.78, 5) is 14.3. The zero-order valence-electron chi connectivity index (χ0n) is 10.2. The van der Waals surface area contributed by atoms with Crippen molar-refractivity contribution in [1.82, 2.24) is 4.90 Å². The second-order valence-corrected chi connectivity index (χ2v) is 4.60. The molecule has 0 saturated carbocycles. The Bertz CT molecular complexity index is 388. The van der Waals surface area contributed by atoms with E-state index in [1.165, 1.54) is 25.0 Å². The smallest absolute Gasteiger partial charge is 0.176 e. The summed E-state index contributed by atoms with van der Waals surface area (Å²) in [6, 6.07) is 6.35. The highest BCUT2D eigenvalue weighted by molar-refractivity contribution is 5.97. The standard InChI is InChI=1S/C14H18FNO/c1-2-13-4-3-9-16(13)10-14(17)11-5-7-12(15)8-6-11/h5-8,13H,2-4,9-10H2,1H3. The van der Waals surface area contributed by atoms with E-state index in [0.29, 0.717) is 18.2 Å². The molecule has 1 heterocycles. The Labute approximate surface area is 101 Å². The van der Waals surface area contributed by atoms with Crippen molar-refractivity contribution in [1.29, 1.82) is 0 Å². The number of halogens is 1. The first-order valence-corrected chi connectivity index (χ1v) is 6.23. The fourth-order valence-corrected chi connectivity index (χ4v) is 2.48. The summed E-state index contributed by atoms with van der Waals surface area (Å²) in [7, 11) is 0. The molecular weight excluding hydrogens is 217 g/mol. The van der Waals surface area contributed by atoms with Crippen LogP contribution >= 0.6 is 0 Å². The molecule has 0 spiro atoms. The van der Waals surface area contributed by atoms with Gasteiger partial charge in [-0.25, -0.2) is 4.39 Å². The van der Waals surface area contributed by atoms with Crippen molar-refractivity contribution in [3.8, 4) is 0 Å². The van der Waals surface area contributed by atoms with Crippen molar-refractivity contribution in [2.24, 2.45) is 0 Å². The lowest BCUT2D eigenvalue weighted by molar-refractivity contribution is 0.0920. The fraction of sp³-hybridized carbons (Fsp3) is 0.500.